The van der Waals surface area contributed by atoms with Crippen molar-refractivity contribution in [2.24, 2.45) is 4.99 Å². The summed E-state index contributed by atoms with van der Waals surface area (Å²) in [5.74, 6) is 0.753. The van der Waals surface area contributed by atoms with E-state index in [9.17, 15) is 14.7 Å². The second-order valence-electron chi connectivity index (χ2n) is 8.23. The van der Waals surface area contributed by atoms with E-state index in [1.807, 2.05) is 38.1 Å². The van der Waals surface area contributed by atoms with Crippen molar-refractivity contribution in [1.82, 2.24) is 9.47 Å². The minimum atomic E-state index is -0.693. The zero-order valence-electron chi connectivity index (χ0n) is 20.9. The Hall–Kier alpha value is -3.85. The van der Waals surface area contributed by atoms with E-state index in [2.05, 4.69) is 4.99 Å². The number of thiazole rings is 1. The van der Waals surface area contributed by atoms with Gasteiger partial charge in [0.25, 0.3) is 11.5 Å². The van der Waals surface area contributed by atoms with Crippen molar-refractivity contribution >= 4 is 23.3 Å². The van der Waals surface area contributed by atoms with Crippen LogP contribution >= 0.6 is 11.3 Å². The highest BCUT2D eigenvalue weighted by molar-refractivity contribution is 7.07. The van der Waals surface area contributed by atoms with Gasteiger partial charge in [-0.25, -0.2) is 4.99 Å². The van der Waals surface area contributed by atoms with Crippen LogP contribution in [0.15, 0.2) is 63.5 Å². The van der Waals surface area contributed by atoms with Crippen molar-refractivity contribution in [2.75, 3.05) is 27.3 Å². The quantitative estimate of drug-likeness (QED) is 0.531. The average Bonchev–Trinajstić information content (AvgIpc) is 3.19. The molecule has 0 spiro atoms. The first-order valence-corrected chi connectivity index (χ1v) is 12.5. The van der Waals surface area contributed by atoms with Crippen LogP contribution in [0, 0.1) is 0 Å². The molecule has 2 aromatic carbocycles. The molecule has 8 nitrogen and oxygen atoms in total. The fraction of sp³-hybridized carbons (Fsp3) is 0.296. The molecule has 0 saturated heterocycles. The number of allylic oxidation sites excluding steroid dienone is 1. The molecule has 0 bridgehead atoms. The Morgan fingerprint density at radius 1 is 1.14 bits per heavy atom. The second kappa shape index (κ2) is 10.4. The number of rotatable bonds is 7. The highest BCUT2D eigenvalue weighted by atomic mass is 32.1. The van der Waals surface area contributed by atoms with Gasteiger partial charge in [0.05, 0.1) is 30.0 Å². The number of benzene rings is 2. The summed E-state index contributed by atoms with van der Waals surface area (Å²) in [5, 5.41) is 9.92. The number of ether oxygens (including phenoxy) is 2. The predicted octanol–water partition coefficient (Wildman–Crippen LogP) is 2.83. The van der Waals surface area contributed by atoms with Gasteiger partial charge in [0.2, 0.25) is 0 Å². The molecule has 0 radical (unpaired) electrons. The van der Waals surface area contributed by atoms with Crippen LogP contribution in [0.5, 0.6) is 17.2 Å². The van der Waals surface area contributed by atoms with E-state index in [4.69, 9.17) is 9.47 Å². The Balaban J connectivity index is 1.98. The number of likely N-dealkylation sites (N-methyl/N-ethyl adjacent to an activating group) is 1. The number of carbonyl (C=O) groups excluding carboxylic acids is 1. The highest BCUT2D eigenvalue weighted by Crippen LogP contribution is 2.36. The maximum absolute atomic E-state index is 13.8. The lowest BCUT2D eigenvalue weighted by molar-refractivity contribution is -0.127. The summed E-state index contributed by atoms with van der Waals surface area (Å²) in [4.78, 5) is 34.4. The van der Waals surface area contributed by atoms with Crippen molar-refractivity contribution < 1.29 is 19.4 Å². The van der Waals surface area contributed by atoms with Gasteiger partial charge in [0.15, 0.2) is 16.3 Å². The molecule has 1 aliphatic rings. The van der Waals surface area contributed by atoms with Crippen molar-refractivity contribution in [2.45, 2.75) is 26.8 Å². The molecule has 2 heterocycles. The Labute approximate surface area is 213 Å². The summed E-state index contributed by atoms with van der Waals surface area (Å²) in [6.07, 6.45) is 1.73. The Bertz CT molecular complexity index is 1510. The normalized spacial score (nSPS) is 15.4. The van der Waals surface area contributed by atoms with Gasteiger partial charge in [-0.05, 0) is 50.6 Å². The first-order chi connectivity index (χ1) is 17.3. The molecule has 188 valence electrons. The topological polar surface area (TPSA) is 93.4 Å². The second-order valence-corrected chi connectivity index (χ2v) is 9.24. The molecule has 1 amide bonds. The van der Waals surface area contributed by atoms with Crippen LogP contribution in [-0.2, 0) is 4.79 Å². The minimum Gasteiger partial charge on any atom is -0.504 e. The smallest absolute Gasteiger partial charge is 0.271 e. The van der Waals surface area contributed by atoms with Crippen LogP contribution in [0.1, 0.15) is 37.9 Å². The van der Waals surface area contributed by atoms with Gasteiger partial charge < -0.3 is 19.5 Å². The van der Waals surface area contributed by atoms with Crippen LogP contribution < -0.4 is 24.4 Å². The number of amides is 1. The van der Waals surface area contributed by atoms with Crippen LogP contribution in [0.2, 0.25) is 0 Å². The van der Waals surface area contributed by atoms with E-state index in [1.165, 1.54) is 24.5 Å². The molecule has 3 aromatic rings. The molecule has 9 heteroatoms. The standard InChI is InChI=1S/C27H29N3O5S/c1-6-29(7-2)26(33)23-16(3)28-27-30(24(23)18-10-8-9-11-20(18)34-4)25(32)22(36-27)15-17-12-13-19(31)21(14-17)35-5/h8-15,24,31H,6-7H2,1-5H3/b22-15+/t24-/m0/s1. The molecule has 0 unspecified atom stereocenters. The zero-order valence-corrected chi connectivity index (χ0v) is 21.8. The molecule has 1 aliphatic heterocycles. The van der Waals surface area contributed by atoms with E-state index in [1.54, 1.807) is 41.7 Å². The third-order valence-corrected chi connectivity index (χ3v) is 7.22. The van der Waals surface area contributed by atoms with Gasteiger partial charge >= 0.3 is 0 Å². The monoisotopic (exact) mass is 507 g/mol. The fourth-order valence-corrected chi connectivity index (χ4v) is 5.44. The maximum Gasteiger partial charge on any atom is 0.271 e. The minimum absolute atomic E-state index is 0.0162. The van der Waals surface area contributed by atoms with Gasteiger partial charge in [0.1, 0.15) is 11.8 Å². The number of nitrogens with zero attached hydrogens (tertiary/aromatic N) is 3. The summed E-state index contributed by atoms with van der Waals surface area (Å²) in [7, 11) is 3.04. The number of hydrogen-bond acceptors (Lipinski definition) is 7. The van der Waals surface area contributed by atoms with Crippen molar-refractivity contribution in [1.29, 1.82) is 0 Å². The number of fused-ring (bicyclic) bond motifs is 1. The van der Waals surface area contributed by atoms with E-state index < -0.39 is 6.04 Å². The number of carbonyl (C=O) groups is 1. The summed E-state index contributed by atoms with van der Waals surface area (Å²) in [6.45, 7) is 6.74. The SMILES string of the molecule is CCN(CC)C(=O)C1=C(C)N=c2s/c(=C/c3ccc(O)c(OC)c3)c(=O)n2[C@H]1c1ccccc1OC. The van der Waals surface area contributed by atoms with Crippen molar-refractivity contribution in [3.8, 4) is 17.2 Å². The number of para-hydroxylation sites is 1. The van der Waals surface area contributed by atoms with Gasteiger partial charge in [-0.2, -0.15) is 0 Å². The number of methoxy groups -OCH3 is 2. The third-order valence-electron chi connectivity index (χ3n) is 6.24. The van der Waals surface area contributed by atoms with Gasteiger partial charge in [-0.15, -0.1) is 0 Å². The highest BCUT2D eigenvalue weighted by Gasteiger charge is 2.35. The number of aromatic nitrogens is 1. The molecule has 0 fully saturated rings. The lowest BCUT2D eigenvalue weighted by Crippen LogP contribution is -2.43. The average molecular weight is 508 g/mol. The van der Waals surface area contributed by atoms with Crippen LogP contribution in [0.4, 0.5) is 0 Å². The molecule has 1 atom stereocenters. The van der Waals surface area contributed by atoms with E-state index in [0.717, 1.165) is 0 Å². The number of hydrogen-bond donors (Lipinski definition) is 1. The van der Waals surface area contributed by atoms with E-state index >= 15 is 0 Å². The lowest BCUT2D eigenvalue weighted by Gasteiger charge is -2.29. The Kier molecular flexibility index (Phi) is 7.30. The molecular weight excluding hydrogens is 478 g/mol. The predicted molar refractivity (Wildman–Crippen MR) is 139 cm³/mol. The Morgan fingerprint density at radius 3 is 2.50 bits per heavy atom. The van der Waals surface area contributed by atoms with Crippen LogP contribution in [-0.4, -0.2) is 47.8 Å². The molecule has 4 rings (SSSR count). The van der Waals surface area contributed by atoms with E-state index in [0.29, 0.717) is 56.3 Å². The first-order valence-electron chi connectivity index (χ1n) is 11.7. The number of aromatic hydroxyl groups is 1. The van der Waals surface area contributed by atoms with Crippen molar-refractivity contribution in [3.05, 3.63) is 84.5 Å². The number of phenolic OH excluding ortho intramolecular Hbond substituents is 1. The summed E-state index contributed by atoms with van der Waals surface area (Å²) in [5.41, 5.74) is 2.16. The van der Waals surface area contributed by atoms with Crippen molar-refractivity contribution in [3.63, 3.8) is 0 Å². The summed E-state index contributed by atoms with van der Waals surface area (Å²) >= 11 is 1.25. The lowest BCUT2D eigenvalue weighted by atomic mass is 9.94. The van der Waals surface area contributed by atoms with Crippen LogP contribution in [0.3, 0.4) is 0 Å². The van der Waals surface area contributed by atoms with Crippen LogP contribution in [0.25, 0.3) is 6.08 Å². The maximum atomic E-state index is 13.8. The van der Waals surface area contributed by atoms with Gasteiger partial charge in [0, 0.05) is 18.7 Å². The largest absolute Gasteiger partial charge is 0.504 e. The Morgan fingerprint density at radius 2 is 1.83 bits per heavy atom. The molecule has 0 saturated carbocycles. The summed E-state index contributed by atoms with van der Waals surface area (Å²) < 4.78 is 12.9. The zero-order chi connectivity index (χ0) is 26.0. The molecule has 0 aliphatic carbocycles. The first kappa shape index (κ1) is 25.2. The summed E-state index contributed by atoms with van der Waals surface area (Å²) in [6, 6.07) is 11.6. The van der Waals surface area contributed by atoms with E-state index in [-0.39, 0.29) is 17.2 Å². The number of phenols is 1. The van der Waals surface area contributed by atoms with Gasteiger partial charge in [-0.1, -0.05) is 35.6 Å². The molecular formula is C27H29N3O5S. The fourth-order valence-electron chi connectivity index (χ4n) is 4.40. The van der Waals surface area contributed by atoms with Gasteiger partial charge in [-0.3, -0.25) is 14.2 Å². The molecule has 36 heavy (non-hydrogen) atoms. The molecule has 1 aromatic heterocycles. The molecule has 1 N–H and O–H groups in total. The third kappa shape index (κ3) is 4.42.